The lowest BCUT2D eigenvalue weighted by Crippen LogP contribution is -2.53. The molecule has 1 N–H and O–H groups in total. The number of nitrogens with one attached hydrogen (secondary N) is 1. The molecule has 0 radical (unpaired) electrons. The number of nitrogens with zero attached hydrogens (tertiary/aromatic N) is 1. The second kappa shape index (κ2) is 6.11. The van der Waals surface area contributed by atoms with Crippen LogP contribution >= 0.6 is 0 Å². The van der Waals surface area contributed by atoms with Gasteiger partial charge in [0.25, 0.3) is 0 Å². The van der Waals surface area contributed by atoms with E-state index in [4.69, 9.17) is 0 Å². The third-order valence-electron chi connectivity index (χ3n) is 2.61. The number of amides is 1. The molecule has 0 rings (SSSR count). The monoisotopic (exact) mass is 214 g/mol. The Morgan fingerprint density at radius 2 is 1.93 bits per heavy atom. The summed E-state index contributed by atoms with van der Waals surface area (Å²) in [7, 11) is 3.59. The molecule has 0 heterocycles. The molecule has 0 saturated carbocycles. The third kappa shape index (κ3) is 5.17. The number of carbonyl (C=O) groups excluding carboxylic acids is 1. The van der Waals surface area contributed by atoms with Crippen molar-refractivity contribution in [1.29, 1.82) is 0 Å². The molecule has 1 atom stereocenters. The number of likely N-dealkylation sites (N-methyl/N-ethyl adjacent to an activating group) is 1. The fourth-order valence-corrected chi connectivity index (χ4v) is 1.66. The molecule has 0 fully saturated rings. The van der Waals surface area contributed by atoms with Crippen LogP contribution in [0.25, 0.3) is 0 Å². The number of rotatable bonds is 6. The minimum Gasteiger partial charge on any atom is -0.347 e. The van der Waals surface area contributed by atoms with Gasteiger partial charge < -0.3 is 10.2 Å². The third-order valence-corrected chi connectivity index (χ3v) is 2.61. The van der Waals surface area contributed by atoms with E-state index < -0.39 is 5.54 Å². The Morgan fingerprint density at radius 1 is 1.40 bits per heavy atom. The molecule has 0 bridgehead atoms. The van der Waals surface area contributed by atoms with E-state index in [9.17, 15) is 4.79 Å². The predicted octanol–water partition coefficient (Wildman–Crippen LogP) is 1.88. The standard InChI is InChI=1S/C12H26N2O/c1-7-8-10(2)9-13-12(3,4)11(15)14(5)6/h10,13H,7-9H2,1-6H3. The Morgan fingerprint density at radius 3 is 2.33 bits per heavy atom. The van der Waals surface area contributed by atoms with Crippen molar-refractivity contribution in [2.45, 2.75) is 46.1 Å². The number of hydrogen-bond donors (Lipinski definition) is 1. The Kier molecular flexibility index (Phi) is 5.88. The van der Waals surface area contributed by atoms with E-state index in [1.54, 1.807) is 19.0 Å². The Balaban J connectivity index is 4.09. The highest BCUT2D eigenvalue weighted by Gasteiger charge is 2.28. The van der Waals surface area contributed by atoms with Gasteiger partial charge in [0.15, 0.2) is 0 Å². The lowest BCUT2D eigenvalue weighted by molar-refractivity contribution is -0.134. The van der Waals surface area contributed by atoms with Crippen LogP contribution in [0.3, 0.4) is 0 Å². The molecule has 1 unspecified atom stereocenters. The first kappa shape index (κ1) is 14.4. The van der Waals surface area contributed by atoms with Crippen molar-refractivity contribution in [3.63, 3.8) is 0 Å². The molecule has 0 saturated heterocycles. The van der Waals surface area contributed by atoms with E-state index in [0.29, 0.717) is 5.92 Å². The van der Waals surface area contributed by atoms with Crippen LogP contribution in [0.2, 0.25) is 0 Å². The molecule has 0 aromatic carbocycles. The van der Waals surface area contributed by atoms with Gasteiger partial charge in [-0.3, -0.25) is 4.79 Å². The molecule has 0 aromatic rings. The highest BCUT2D eigenvalue weighted by molar-refractivity contribution is 5.85. The quantitative estimate of drug-likeness (QED) is 0.732. The van der Waals surface area contributed by atoms with Gasteiger partial charge >= 0.3 is 0 Å². The highest BCUT2D eigenvalue weighted by Crippen LogP contribution is 2.09. The van der Waals surface area contributed by atoms with Crippen LogP contribution in [0.5, 0.6) is 0 Å². The van der Waals surface area contributed by atoms with E-state index in [2.05, 4.69) is 19.2 Å². The summed E-state index contributed by atoms with van der Waals surface area (Å²) >= 11 is 0. The van der Waals surface area contributed by atoms with E-state index in [0.717, 1.165) is 6.54 Å². The molecular formula is C12H26N2O. The summed E-state index contributed by atoms with van der Waals surface area (Å²) in [6.07, 6.45) is 2.41. The van der Waals surface area contributed by atoms with Crippen molar-refractivity contribution in [3.05, 3.63) is 0 Å². The van der Waals surface area contributed by atoms with Crippen LogP contribution in [0.15, 0.2) is 0 Å². The predicted molar refractivity (Wildman–Crippen MR) is 64.8 cm³/mol. The normalized spacial score (nSPS) is 13.7. The van der Waals surface area contributed by atoms with E-state index in [1.807, 2.05) is 13.8 Å². The smallest absolute Gasteiger partial charge is 0.241 e. The maximum absolute atomic E-state index is 11.8. The summed E-state index contributed by atoms with van der Waals surface area (Å²) in [6, 6.07) is 0. The van der Waals surface area contributed by atoms with Crippen molar-refractivity contribution in [3.8, 4) is 0 Å². The minimum absolute atomic E-state index is 0.131. The molecule has 0 aliphatic rings. The molecule has 90 valence electrons. The summed E-state index contributed by atoms with van der Waals surface area (Å²) in [6.45, 7) is 9.18. The first-order valence-corrected chi connectivity index (χ1v) is 5.78. The molecule has 0 spiro atoms. The van der Waals surface area contributed by atoms with Crippen molar-refractivity contribution < 1.29 is 4.79 Å². The van der Waals surface area contributed by atoms with Gasteiger partial charge in [-0.1, -0.05) is 20.3 Å². The Bertz CT molecular complexity index is 200. The number of hydrogen-bond acceptors (Lipinski definition) is 2. The number of carbonyl (C=O) groups is 1. The Hall–Kier alpha value is -0.570. The van der Waals surface area contributed by atoms with Gasteiger partial charge in [-0.05, 0) is 32.7 Å². The van der Waals surface area contributed by atoms with Crippen LogP contribution < -0.4 is 5.32 Å². The zero-order valence-electron chi connectivity index (χ0n) is 11.1. The fourth-order valence-electron chi connectivity index (χ4n) is 1.66. The van der Waals surface area contributed by atoms with Gasteiger partial charge in [0, 0.05) is 14.1 Å². The molecule has 15 heavy (non-hydrogen) atoms. The Labute approximate surface area is 94.2 Å². The highest BCUT2D eigenvalue weighted by atomic mass is 16.2. The van der Waals surface area contributed by atoms with E-state index >= 15 is 0 Å². The van der Waals surface area contributed by atoms with Crippen LogP contribution in [0.1, 0.15) is 40.5 Å². The molecule has 0 aromatic heterocycles. The summed E-state index contributed by atoms with van der Waals surface area (Å²) in [4.78, 5) is 13.4. The summed E-state index contributed by atoms with van der Waals surface area (Å²) < 4.78 is 0. The topological polar surface area (TPSA) is 32.3 Å². The van der Waals surface area contributed by atoms with Crippen LogP contribution in [0, 0.1) is 5.92 Å². The molecular weight excluding hydrogens is 188 g/mol. The fraction of sp³-hybridized carbons (Fsp3) is 0.917. The van der Waals surface area contributed by atoms with Gasteiger partial charge in [0.05, 0.1) is 5.54 Å². The summed E-state index contributed by atoms with van der Waals surface area (Å²) in [5.41, 5.74) is -0.453. The minimum atomic E-state index is -0.453. The van der Waals surface area contributed by atoms with Crippen LogP contribution in [-0.2, 0) is 4.79 Å². The summed E-state index contributed by atoms with van der Waals surface area (Å²) in [5, 5.41) is 3.33. The van der Waals surface area contributed by atoms with Crippen molar-refractivity contribution >= 4 is 5.91 Å². The van der Waals surface area contributed by atoms with Gasteiger partial charge in [-0.2, -0.15) is 0 Å². The second-order valence-corrected chi connectivity index (χ2v) is 5.10. The van der Waals surface area contributed by atoms with Crippen molar-refractivity contribution in [2.75, 3.05) is 20.6 Å². The van der Waals surface area contributed by atoms with Gasteiger partial charge in [-0.25, -0.2) is 0 Å². The van der Waals surface area contributed by atoms with E-state index in [1.165, 1.54) is 12.8 Å². The van der Waals surface area contributed by atoms with Crippen LogP contribution in [-0.4, -0.2) is 37.0 Å². The van der Waals surface area contributed by atoms with Gasteiger partial charge in [-0.15, -0.1) is 0 Å². The molecule has 3 heteroatoms. The van der Waals surface area contributed by atoms with E-state index in [-0.39, 0.29) is 5.91 Å². The first-order chi connectivity index (χ1) is 6.81. The average molecular weight is 214 g/mol. The van der Waals surface area contributed by atoms with Crippen LogP contribution in [0.4, 0.5) is 0 Å². The SMILES string of the molecule is CCCC(C)CNC(C)(C)C(=O)N(C)C. The lowest BCUT2D eigenvalue weighted by Gasteiger charge is -2.29. The summed E-state index contributed by atoms with van der Waals surface area (Å²) in [5.74, 6) is 0.760. The average Bonchev–Trinajstić information content (AvgIpc) is 2.14. The largest absolute Gasteiger partial charge is 0.347 e. The zero-order chi connectivity index (χ0) is 12.1. The van der Waals surface area contributed by atoms with Crippen molar-refractivity contribution in [1.82, 2.24) is 10.2 Å². The zero-order valence-corrected chi connectivity index (χ0v) is 11.1. The molecule has 0 aliphatic carbocycles. The maximum Gasteiger partial charge on any atom is 0.241 e. The lowest BCUT2D eigenvalue weighted by atomic mass is 10.0. The molecule has 0 aliphatic heterocycles. The molecule has 3 nitrogen and oxygen atoms in total. The van der Waals surface area contributed by atoms with Gasteiger partial charge in [0.2, 0.25) is 5.91 Å². The molecule has 1 amide bonds. The van der Waals surface area contributed by atoms with Gasteiger partial charge in [0.1, 0.15) is 0 Å². The van der Waals surface area contributed by atoms with Crippen molar-refractivity contribution in [2.24, 2.45) is 5.92 Å². The maximum atomic E-state index is 11.8. The second-order valence-electron chi connectivity index (χ2n) is 5.10. The first-order valence-electron chi connectivity index (χ1n) is 5.78.